The summed E-state index contributed by atoms with van der Waals surface area (Å²) < 4.78 is 10.9. The molecule has 1 aromatic heterocycles. The third kappa shape index (κ3) is 3.35. The fourth-order valence-electron chi connectivity index (χ4n) is 1.70. The summed E-state index contributed by atoms with van der Waals surface area (Å²) in [5.74, 6) is 1.28. The first-order valence-electron chi connectivity index (χ1n) is 6.08. The summed E-state index contributed by atoms with van der Waals surface area (Å²) in [6.45, 7) is 6.33. The Bertz CT molecular complexity index is 564. The average molecular weight is 255 g/mol. The summed E-state index contributed by atoms with van der Waals surface area (Å²) in [5.41, 5.74) is 2.70. The minimum atomic E-state index is 0.509. The van der Waals surface area contributed by atoms with Crippen molar-refractivity contribution in [2.75, 3.05) is 7.11 Å². The second-order valence-corrected chi connectivity index (χ2v) is 4.25. The van der Waals surface area contributed by atoms with E-state index < -0.39 is 0 Å². The van der Waals surface area contributed by atoms with Crippen LogP contribution in [0.25, 0.3) is 5.57 Å². The van der Waals surface area contributed by atoms with E-state index in [9.17, 15) is 0 Å². The van der Waals surface area contributed by atoms with Gasteiger partial charge in [-0.05, 0) is 24.1 Å². The van der Waals surface area contributed by atoms with Crippen molar-refractivity contribution < 1.29 is 9.47 Å². The van der Waals surface area contributed by atoms with Crippen LogP contribution in [0.4, 0.5) is 0 Å². The van der Waals surface area contributed by atoms with Gasteiger partial charge in [-0.1, -0.05) is 36.9 Å². The molecule has 0 aliphatic heterocycles. The smallest absolute Gasteiger partial charge is 0.213 e. The molecule has 2 aromatic rings. The Labute approximate surface area is 113 Å². The summed E-state index contributed by atoms with van der Waals surface area (Å²) in [6.07, 6.45) is 0. The predicted molar refractivity (Wildman–Crippen MR) is 76.3 cm³/mol. The number of ether oxygens (including phenoxy) is 2. The third-order valence-corrected chi connectivity index (χ3v) is 2.68. The molecule has 0 aliphatic rings. The second-order valence-electron chi connectivity index (χ2n) is 4.25. The van der Waals surface area contributed by atoms with Gasteiger partial charge in [0.15, 0.2) is 0 Å². The Hall–Kier alpha value is -2.29. The average Bonchev–Trinajstić information content (AvgIpc) is 2.46. The fraction of sp³-hybridized carbons (Fsp3) is 0.188. The molecule has 3 nitrogen and oxygen atoms in total. The molecule has 0 spiro atoms. The first-order valence-corrected chi connectivity index (χ1v) is 6.08. The van der Waals surface area contributed by atoms with Gasteiger partial charge in [0.2, 0.25) is 5.88 Å². The number of rotatable bonds is 5. The van der Waals surface area contributed by atoms with E-state index in [1.165, 1.54) is 0 Å². The van der Waals surface area contributed by atoms with Crippen molar-refractivity contribution in [1.29, 1.82) is 0 Å². The second kappa shape index (κ2) is 6.05. The maximum Gasteiger partial charge on any atom is 0.213 e. The summed E-state index contributed by atoms with van der Waals surface area (Å²) >= 11 is 0. The Morgan fingerprint density at radius 1 is 1.16 bits per heavy atom. The molecule has 98 valence electrons. The minimum Gasteiger partial charge on any atom is -0.487 e. The molecule has 0 fully saturated rings. The van der Waals surface area contributed by atoms with Gasteiger partial charge < -0.3 is 9.47 Å². The number of methoxy groups -OCH3 is 1. The molecule has 0 bridgehead atoms. The number of hydrogen-bond donors (Lipinski definition) is 0. The van der Waals surface area contributed by atoms with Crippen molar-refractivity contribution >= 4 is 5.57 Å². The summed E-state index contributed by atoms with van der Waals surface area (Å²) in [4.78, 5) is 4.36. The quantitative estimate of drug-likeness (QED) is 0.816. The van der Waals surface area contributed by atoms with E-state index in [1.807, 2.05) is 43.3 Å². The first kappa shape index (κ1) is 13.1. The minimum absolute atomic E-state index is 0.509. The van der Waals surface area contributed by atoms with Crippen LogP contribution in [0.2, 0.25) is 0 Å². The lowest BCUT2D eigenvalue weighted by Gasteiger charge is -2.12. The molecule has 0 atom stereocenters. The van der Waals surface area contributed by atoms with Crippen LogP contribution in [-0.2, 0) is 6.61 Å². The Morgan fingerprint density at radius 3 is 2.53 bits per heavy atom. The number of nitrogens with zero attached hydrogens (tertiary/aromatic N) is 1. The highest BCUT2D eigenvalue weighted by atomic mass is 16.5. The van der Waals surface area contributed by atoms with E-state index in [2.05, 4.69) is 11.6 Å². The molecule has 0 unspecified atom stereocenters. The fourth-order valence-corrected chi connectivity index (χ4v) is 1.70. The van der Waals surface area contributed by atoms with Gasteiger partial charge in [0.05, 0.1) is 7.11 Å². The van der Waals surface area contributed by atoms with Gasteiger partial charge in [-0.3, -0.25) is 0 Å². The largest absolute Gasteiger partial charge is 0.487 e. The Morgan fingerprint density at radius 2 is 1.89 bits per heavy atom. The molecular weight excluding hydrogens is 238 g/mol. The van der Waals surface area contributed by atoms with E-state index in [0.717, 1.165) is 22.6 Å². The van der Waals surface area contributed by atoms with Gasteiger partial charge in [-0.2, -0.15) is 0 Å². The van der Waals surface area contributed by atoms with Crippen molar-refractivity contribution in [1.82, 2.24) is 4.98 Å². The van der Waals surface area contributed by atoms with Crippen molar-refractivity contribution in [3.8, 4) is 11.6 Å². The van der Waals surface area contributed by atoms with Gasteiger partial charge in [0.1, 0.15) is 18.1 Å². The van der Waals surface area contributed by atoms with Crippen LogP contribution in [0.3, 0.4) is 0 Å². The summed E-state index contributed by atoms with van der Waals surface area (Å²) in [5, 5.41) is 0. The lowest BCUT2D eigenvalue weighted by Crippen LogP contribution is -2.00. The first-order chi connectivity index (χ1) is 9.20. The van der Waals surface area contributed by atoms with E-state index in [4.69, 9.17) is 9.47 Å². The van der Waals surface area contributed by atoms with Crippen LogP contribution < -0.4 is 9.47 Å². The molecule has 0 aliphatic carbocycles. The molecule has 0 radical (unpaired) electrons. The standard InChI is InChI=1S/C16H17NO2/c1-12(2)16-14(9-10-15(17-16)18-3)19-11-13-7-5-4-6-8-13/h4-10H,1,11H2,2-3H3. The normalized spacial score (nSPS) is 10.0. The monoisotopic (exact) mass is 255 g/mol. The van der Waals surface area contributed by atoms with Crippen LogP contribution in [-0.4, -0.2) is 12.1 Å². The van der Waals surface area contributed by atoms with Crippen LogP contribution in [0.15, 0.2) is 49.0 Å². The van der Waals surface area contributed by atoms with Crippen molar-refractivity contribution in [2.45, 2.75) is 13.5 Å². The Balaban J connectivity index is 2.18. The van der Waals surface area contributed by atoms with Crippen molar-refractivity contribution in [3.05, 3.63) is 60.3 Å². The predicted octanol–water partition coefficient (Wildman–Crippen LogP) is 3.70. The molecule has 3 heteroatoms. The molecule has 0 saturated heterocycles. The third-order valence-electron chi connectivity index (χ3n) is 2.68. The zero-order valence-electron chi connectivity index (χ0n) is 11.2. The zero-order valence-corrected chi connectivity index (χ0v) is 11.2. The van der Waals surface area contributed by atoms with Gasteiger partial charge in [-0.25, -0.2) is 4.98 Å². The van der Waals surface area contributed by atoms with Gasteiger partial charge in [0, 0.05) is 6.07 Å². The van der Waals surface area contributed by atoms with Gasteiger partial charge in [-0.15, -0.1) is 0 Å². The molecule has 19 heavy (non-hydrogen) atoms. The number of benzene rings is 1. The SMILES string of the molecule is C=C(C)c1nc(OC)ccc1OCc1ccccc1. The molecule has 0 saturated carbocycles. The maximum absolute atomic E-state index is 5.81. The topological polar surface area (TPSA) is 31.4 Å². The van der Waals surface area contributed by atoms with Gasteiger partial charge in [0.25, 0.3) is 0 Å². The van der Waals surface area contributed by atoms with Crippen LogP contribution >= 0.6 is 0 Å². The van der Waals surface area contributed by atoms with Crippen molar-refractivity contribution in [2.24, 2.45) is 0 Å². The highest BCUT2D eigenvalue weighted by molar-refractivity contribution is 5.64. The molecule has 0 N–H and O–H groups in total. The molecule has 0 amide bonds. The highest BCUT2D eigenvalue weighted by Gasteiger charge is 2.08. The van der Waals surface area contributed by atoms with Gasteiger partial charge >= 0.3 is 0 Å². The summed E-state index contributed by atoms with van der Waals surface area (Å²) in [6, 6.07) is 13.7. The van der Waals surface area contributed by atoms with E-state index >= 15 is 0 Å². The summed E-state index contributed by atoms with van der Waals surface area (Å²) in [7, 11) is 1.59. The van der Waals surface area contributed by atoms with Crippen LogP contribution in [0, 0.1) is 0 Å². The highest BCUT2D eigenvalue weighted by Crippen LogP contribution is 2.26. The Kier molecular flexibility index (Phi) is 4.18. The van der Waals surface area contributed by atoms with E-state index in [1.54, 1.807) is 13.2 Å². The van der Waals surface area contributed by atoms with E-state index in [0.29, 0.717) is 12.5 Å². The number of hydrogen-bond acceptors (Lipinski definition) is 3. The van der Waals surface area contributed by atoms with E-state index in [-0.39, 0.29) is 0 Å². The van der Waals surface area contributed by atoms with Crippen LogP contribution in [0.1, 0.15) is 18.2 Å². The zero-order chi connectivity index (χ0) is 13.7. The molecule has 2 rings (SSSR count). The number of aromatic nitrogens is 1. The molecule has 1 heterocycles. The maximum atomic E-state index is 5.81. The molecule has 1 aromatic carbocycles. The molecular formula is C16H17NO2. The number of allylic oxidation sites excluding steroid dienone is 1. The number of pyridine rings is 1. The van der Waals surface area contributed by atoms with Crippen LogP contribution in [0.5, 0.6) is 11.6 Å². The van der Waals surface area contributed by atoms with Crippen molar-refractivity contribution in [3.63, 3.8) is 0 Å². The lowest BCUT2D eigenvalue weighted by atomic mass is 10.2. The lowest BCUT2D eigenvalue weighted by molar-refractivity contribution is 0.302.